The fraction of sp³-hybridized carbons (Fsp3) is 0.567. The summed E-state index contributed by atoms with van der Waals surface area (Å²) >= 11 is 1.57. The normalized spacial score (nSPS) is 17.9. The number of aryl methyl sites for hydroxylation is 1. The predicted octanol–water partition coefficient (Wildman–Crippen LogP) is 3.14. The maximum Gasteiger partial charge on any atom is 0.407 e. The van der Waals surface area contributed by atoms with E-state index >= 15 is 0 Å². The maximum atomic E-state index is 13.7. The first-order valence-corrected chi connectivity index (χ1v) is 14.9. The zero-order valence-electron chi connectivity index (χ0n) is 25.4. The standard InChI is InChI=1S/C30H43N5O6S/c1-18-24(42-17-33-18)20-10-8-19(9-11-20)15-32-26(38)22-14-21(36)16-35(22)27(39)25(29(2,3)4)34-23(37)12-13-31-28(40)41-30(5,6)7/h8-11,17,21-22,25,36H,12-16H2,1-7H3,(H,31,40)(H,32,38)(H,34,37)/t21-,22+,25-/m1/s1. The Kier molecular flexibility index (Phi) is 10.7. The van der Waals surface area contributed by atoms with Gasteiger partial charge in [-0.25, -0.2) is 9.78 Å². The number of carbonyl (C=O) groups is 4. The number of ether oxygens (including phenoxy) is 1. The molecule has 230 valence electrons. The predicted molar refractivity (Wildman–Crippen MR) is 160 cm³/mol. The molecule has 0 saturated carbocycles. The van der Waals surface area contributed by atoms with Crippen molar-refractivity contribution >= 4 is 35.2 Å². The highest BCUT2D eigenvalue weighted by Gasteiger charge is 2.44. The molecule has 3 atom stereocenters. The second-order valence-corrected chi connectivity index (χ2v) is 13.5. The number of rotatable bonds is 9. The highest BCUT2D eigenvalue weighted by Crippen LogP contribution is 2.28. The Balaban J connectivity index is 1.60. The van der Waals surface area contributed by atoms with E-state index in [0.717, 1.165) is 21.7 Å². The van der Waals surface area contributed by atoms with E-state index in [1.165, 1.54) is 4.90 Å². The molecule has 1 aliphatic heterocycles. The van der Waals surface area contributed by atoms with Crippen molar-refractivity contribution in [3.63, 3.8) is 0 Å². The first-order valence-electron chi connectivity index (χ1n) is 14.1. The fourth-order valence-electron chi connectivity index (χ4n) is 4.61. The van der Waals surface area contributed by atoms with E-state index < -0.39 is 47.1 Å². The lowest BCUT2D eigenvalue weighted by Crippen LogP contribution is -2.57. The van der Waals surface area contributed by atoms with Crippen LogP contribution in [0.1, 0.15) is 65.6 Å². The average Bonchev–Trinajstić information content (AvgIpc) is 3.49. The number of likely N-dealkylation sites (tertiary alicyclic amines) is 1. The minimum atomic E-state index is -0.949. The Labute approximate surface area is 251 Å². The second kappa shape index (κ2) is 13.6. The van der Waals surface area contributed by atoms with Crippen LogP contribution in [0.15, 0.2) is 29.8 Å². The third kappa shape index (κ3) is 9.25. The number of benzene rings is 1. The molecule has 0 unspecified atom stereocenters. The van der Waals surface area contributed by atoms with Gasteiger partial charge in [-0.2, -0.15) is 0 Å². The smallest absolute Gasteiger partial charge is 0.407 e. The van der Waals surface area contributed by atoms with Crippen LogP contribution >= 0.6 is 11.3 Å². The molecular formula is C30H43N5O6S. The molecule has 1 fully saturated rings. The van der Waals surface area contributed by atoms with Crippen LogP contribution in [-0.2, 0) is 25.7 Å². The van der Waals surface area contributed by atoms with Crippen LogP contribution in [-0.4, -0.2) is 75.7 Å². The van der Waals surface area contributed by atoms with E-state index in [1.807, 2.05) is 57.5 Å². The third-order valence-corrected chi connectivity index (χ3v) is 7.71. The Morgan fingerprint density at radius 1 is 1.10 bits per heavy atom. The number of β-amino-alcohol motifs (C(OH)–C–C–N with tert-alkyl or cyclic N) is 1. The number of nitrogens with zero attached hydrogens (tertiary/aromatic N) is 2. The summed E-state index contributed by atoms with van der Waals surface area (Å²) in [5.74, 6) is -1.25. The van der Waals surface area contributed by atoms with E-state index in [0.29, 0.717) is 0 Å². The van der Waals surface area contributed by atoms with Crippen LogP contribution in [0.2, 0.25) is 0 Å². The molecule has 0 spiro atoms. The van der Waals surface area contributed by atoms with Crippen LogP contribution < -0.4 is 16.0 Å². The number of alkyl carbamates (subject to hydrolysis) is 1. The summed E-state index contributed by atoms with van der Waals surface area (Å²) in [6.45, 7) is 12.9. The fourth-order valence-corrected chi connectivity index (χ4v) is 5.42. The second-order valence-electron chi connectivity index (χ2n) is 12.6. The number of thiazole rings is 1. The van der Waals surface area contributed by atoms with Gasteiger partial charge in [0.05, 0.1) is 22.2 Å². The molecule has 2 heterocycles. The Bertz CT molecular complexity index is 1260. The van der Waals surface area contributed by atoms with Gasteiger partial charge in [0, 0.05) is 32.5 Å². The number of nitrogens with one attached hydrogen (secondary N) is 3. The van der Waals surface area contributed by atoms with Gasteiger partial charge < -0.3 is 30.7 Å². The van der Waals surface area contributed by atoms with E-state index in [9.17, 15) is 24.3 Å². The molecule has 11 nitrogen and oxygen atoms in total. The van der Waals surface area contributed by atoms with Crippen molar-refractivity contribution < 1.29 is 29.0 Å². The van der Waals surface area contributed by atoms with Gasteiger partial charge >= 0.3 is 6.09 Å². The minimum Gasteiger partial charge on any atom is -0.444 e. The summed E-state index contributed by atoms with van der Waals surface area (Å²) in [6, 6.07) is 6.01. The number of aliphatic hydroxyl groups excluding tert-OH is 1. The first kappa shape index (κ1) is 33.0. The van der Waals surface area contributed by atoms with Crippen molar-refractivity contribution in [3.05, 3.63) is 41.0 Å². The van der Waals surface area contributed by atoms with Crippen molar-refractivity contribution in [1.82, 2.24) is 25.8 Å². The third-order valence-electron chi connectivity index (χ3n) is 6.73. The van der Waals surface area contributed by atoms with Gasteiger partial charge in [0.1, 0.15) is 17.7 Å². The monoisotopic (exact) mass is 601 g/mol. The molecule has 0 aliphatic carbocycles. The van der Waals surface area contributed by atoms with E-state index in [-0.39, 0.29) is 38.4 Å². The molecule has 42 heavy (non-hydrogen) atoms. The summed E-state index contributed by atoms with van der Waals surface area (Å²) in [4.78, 5) is 58.3. The molecule has 12 heteroatoms. The number of amides is 4. The van der Waals surface area contributed by atoms with E-state index in [1.54, 1.807) is 32.1 Å². The Hall–Kier alpha value is -3.51. The Morgan fingerprint density at radius 3 is 2.33 bits per heavy atom. The number of aliphatic hydroxyl groups is 1. The van der Waals surface area contributed by atoms with Gasteiger partial charge in [0.2, 0.25) is 17.7 Å². The van der Waals surface area contributed by atoms with Crippen LogP contribution in [0.5, 0.6) is 0 Å². The number of hydrogen-bond acceptors (Lipinski definition) is 8. The molecule has 3 rings (SSSR count). The van der Waals surface area contributed by atoms with E-state index in [2.05, 4.69) is 20.9 Å². The van der Waals surface area contributed by atoms with Crippen LogP contribution in [0, 0.1) is 12.3 Å². The summed E-state index contributed by atoms with van der Waals surface area (Å²) < 4.78 is 5.17. The lowest BCUT2D eigenvalue weighted by atomic mass is 9.85. The zero-order chi connectivity index (χ0) is 31.2. The van der Waals surface area contributed by atoms with Crippen LogP contribution in [0.3, 0.4) is 0 Å². The lowest BCUT2D eigenvalue weighted by Gasteiger charge is -2.35. The SMILES string of the molecule is Cc1ncsc1-c1ccc(CNC(=O)[C@@H]2C[C@@H](O)CN2C(=O)[C@@H](NC(=O)CCNC(=O)OC(C)(C)C)C(C)(C)C)cc1. The van der Waals surface area contributed by atoms with Gasteiger partial charge in [-0.3, -0.25) is 14.4 Å². The van der Waals surface area contributed by atoms with Gasteiger partial charge in [0.25, 0.3) is 0 Å². The lowest BCUT2D eigenvalue weighted by molar-refractivity contribution is -0.144. The van der Waals surface area contributed by atoms with Crippen molar-refractivity contribution in [3.8, 4) is 10.4 Å². The molecule has 1 aliphatic rings. The van der Waals surface area contributed by atoms with Crippen molar-refractivity contribution in [2.75, 3.05) is 13.1 Å². The quantitative estimate of drug-likeness (QED) is 0.345. The van der Waals surface area contributed by atoms with Crippen molar-refractivity contribution in [2.45, 2.75) is 91.6 Å². The largest absolute Gasteiger partial charge is 0.444 e. The maximum absolute atomic E-state index is 13.7. The van der Waals surface area contributed by atoms with Crippen molar-refractivity contribution in [1.29, 1.82) is 0 Å². The highest BCUT2D eigenvalue weighted by atomic mass is 32.1. The number of hydrogen-bond donors (Lipinski definition) is 4. The first-order chi connectivity index (χ1) is 19.5. The van der Waals surface area contributed by atoms with Crippen molar-refractivity contribution in [2.24, 2.45) is 5.41 Å². The molecule has 0 bridgehead atoms. The molecule has 1 saturated heterocycles. The average molecular weight is 602 g/mol. The summed E-state index contributed by atoms with van der Waals surface area (Å²) in [7, 11) is 0. The minimum absolute atomic E-state index is 0.0114. The number of aromatic nitrogens is 1. The number of carbonyl (C=O) groups excluding carboxylic acids is 4. The zero-order valence-corrected chi connectivity index (χ0v) is 26.3. The molecule has 0 radical (unpaired) electrons. The van der Waals surface area contributed by atoms with Gasteiger partial charge in [0.15, 0.2) is 0 Å². The van der Waals surface area contributed by atoms with Gasteiger partial charge in [-0.15, -0.1) is 11.3 Å². The summed E-state index contributed by atoms with van der Waals surface area (Å²) in [5, 5.41) is 18.6. The highest BCUT2D eigenvalue weighted by molar-refractivity contribution is 7.13. The molecule has 4 amide bonds. The van der Waals surface area contributed by atoms with E-state index in [4.69, 9.17) is 4.74 Å². The molecule has 4 N–H and O–H groups in total. The molecule has 1 aromatic carbocycles. The molecule has 2 aromatic rings. The van der Waals surface area contributed by atoms with Gasteiger partial charge in [-0.1, -0.05) is 45.0 Å². The summed E-state index contributed by atoms with van der Waals surface area (Å²) in [5.41, 5.74) is 3.38. The summed E-state index contributed by atoms with van der Waals surface area (Å²) in [6.07, 6.45) is -1.45. The van der Waals surface area contributed by atoms with Gasteiger partial charge in [-0.05, 0) is 44.2 Å². The van der Waals surface area contributed by atoms with Crippen LogP contribution in [0.4, 0.5) is 4.79 Å². The topological polar surface area (TPSA) is 150 Å². The Morgan fingerprint density at radius 2 is 1.76 bits per heavy atom. The molecular weight excluding hydrogens is 558 g/mol. The van der Waals surface area contributed by atoms with Crippen LogP contribution in [0.25, 0.3) is 10.4 Å². The molecule has 1 aromatic heterocycles.